The Balaban J connectivity index is 1.70. The number of carbonyl (C=O) groups excluding carboxylic acids is 1. The van der Waals surface area contributed by atoms with Gasteiger partial charge in [0.2, 0.25) is 0 Å². The average Bonchev–Trinajstić information content (AvgIpc) is 2.85. The highest BCUT2D eigenvalue weighted by Crippen LogP contribution is 2.13. The smallest absolute Gasteiger partial charge is 0.277 e. The molecule has 132 valence electrons. The van der Waals surface area contributed by atoms with Gasteiger partial charge in [0, 0.05) is 32.7 Å². The number of aromatic amines is 1. The van der Waals surface area contributed by atoms with Crippen LogP contribution in [0.4, 0.5) is 0 Å². The molecule has 1 aromatic carbocycles. The van der Waals surface area contributed by atoms with Crippen LogP contribution in [0.25, 0.3) is 0 Å². The van der Waals surface area contributed by atoms with E-state index in [1.54, 1.807) is 18.7 Å². The van der Waals surface area contributed by atoms with Crippen molar-refractivity contribution in [3.63, 3.8) is 0 Å². The Morgan fingerprint density at radius 3 is 2.64 bits per heavy atom. The summed E-state index contributed by atoms with van der Waals surface area (Å²) in [5, 5.41) is 6.35. The van der Waals surface area contributed by atoms with Crippen LogP contribution in [0.5, 0.6) is 0 Å². The predicted octanol–water partition coefficient (Wildman–Crippen LogP) is 1.73. The highest BCUT2D eigenvalue weighted by molar-refractivity contribution is 5.95. The van der Waals surface area contributed by atoms with Gasteiger partial charge in [0.1, 0.15) is 5.56 Å². The number of amides is 1. The normalized spacial score (nSPS) is 15.8. The number of hydrogen-bond acceptors (Lipinski definition) is 4. The summed E-state index contributed by atoms with van der Waals surface area (Å²) in [6.45, 7) is 7.52. The first-order valence-electron chi connectivity index (χ1n) is 8.67. The lowest BCUT2D eigenvalue weighted by molar-refractivity contribution is 0.0758. The molecule has 0 saturated carbocycles. The van der Waals surface area contributed by atoms with E-state index in [2.05, 4.69) is 27.2 Å². The number of benzene rings is 1. The van der Waals surface area contributed by atoms with Gasteiger partial charge in [0.25, 0.3) is 11.5 Å². The third kappa shape index (κ3) is 3.96. The molecule has 2 heterocycles. The minimum absolute atomic E-state index is 0.189. The van der Waals surface area contributed by atoms with Gasteiger partial charge >= 0.3 is 0 Å². The van der Waals surface area contributed by atoms with Crippen molar-refractivity contribution in [2.75, 3.05) is 26.2 Å². The molecule has 6 heteroatoms. The molecule has 1 saturated heterocycles. The number of carbonyl (C=O) groups is 1. The highest BCUT2D eigenvalue weighted by atomic mass is 16.2. The van der Waals surface area contributed by atoms with Crippen molar-refractivity contribution in [1.29, 1.82) is 0 Å². The van der Waals surface area contributed by atoms with Crippen molar-refractivity contribution < 1.29 is 4.79 Å². The van der Waals surface area contributed by atoms with Crippen LogP contribution < -0.4 is 5.56 Å². The lowest BCUT2D eigenvalue weighted by atomic mass is 10.1. The van der Waals surface area contributed by atoms with E-state index in [0.717, 1.165) is 26.1 Å². The van der Waals surface area contributed by atoms with Gasteiger partial charge in [-0.25, -0.2) is 5.10 Å². The van der Waals surface area contributed by atoms with Crippen molar-refractivity contribution >= 4 is 5.91 Å². The van der Waals surface area contributed by atoms with Crippen LogP contribution in [0.15, 0.2) is 35.1 Å². The predicted molar refractivity (Wildman–Crippen MR) is 96.6 cm³/mol. The molecule has 1 N–H and O–H groups in total. The summed E-state index contributed by atoms with van der Waals surface area (Å²) in [6.07, 6.45) is 0.902. The van der Waals surface area contributed by atoms with Gasteiger partial charge in [-0.3, -0.25) is 14.5 Å². The minimum Gasteiger partial charge on any atom is -0.337 e. The maximum Gasteiger partial charge on any atom is 0.277 e. The molecule has 0 unspecified atom stereocenters. The van der Waals surface area contributed by atoms with Crippen LogP contribution in [0, 0.1) is 13.8 Å². The van der Waals surface area contributed by atoms with Crippen molar-refractivity contribution in [2.24, 2.45) is 0 Å². The summed E-state index contributed by atoms with van der Waals surface area (Å²) >= 11 is 0. The first-order valence-corrected chi connectivity index (χ1v) is 8.67. The van der Waals surface area contributed by atoms with Crippen LogP contribution in [-0.4, -0.2) is 52.1 Å². The van der Waals surface area contributed by atoms with Gasteiger partial charge < -0.3 is 4.90 Å². The van der Waals surface area contributed by atoms with E-state index in [4.69, 9.17) is 0 Å². The van der Waals surface area contributed by atoms with Crippen LogP contribution in [-0.2, 0) is 6.54 Å². The first-order chi connectivity index (χ1) is 12.1. The number of rotatable bonds is 3. The number of nitrogens with zero attached hydrogens (tertiary/aromatic N) is 3. The Kier molecular flexibility index (Phi) is 5.28. The largest absolute Gasteiger partial charge is 0.337 e. The molecular formula is C19H24N4O2. The van der Waals surface area contributed by atoms with Crippen molar-refractivity contribution in [3.05, 3.63) is 63.1 Å². The topological polar surface area (TPSA) is 69.3 Å². The van der Waals surface area contributed by atoms with Crippen molar-refractivity contribution in [3.8, 4) is 0 Å². The van der Waals surface area contributed by atoms with Gasteiger partial charge in [-0.05, 0) is 31.4 Å². The van der Waals surface area contributed by atoms with E-state index < -0.39 is 5.56 Å². The van der Waals surface area contributed by atoms with Crippen molar-refractivity contribution in [1.82, 2.24) is 20.0 Å². The molecule has 2 aromatic rings. The molecule has 1 aliphatic rings. The number of hydrogen-bond donors (Lipinski definition) is 1. The van der Waals surface area contributed by atoms with E-state index >= 15 is 0 Å². The second kappa shape index (κ2) is 7.61. The van der Waals surface area contributed by atoms with E-state index in [9.17, 15) is 9.59 Å². The van der Waals surface area contributed by atoms with Gasteiger partial charge in [0.05, 0.1) is 5.69 Å². The second-order valence-corrected chi connectivity index (χ2v) is 6.55. The summed E-state index contributed by atoms with van der Waals surface area (Å²) in [5.74, 6) is -0.189. The zero-order valence-corrected chi connectivity index (χ0v) is 14.8. The fourth-order valence-electron chi connectivity index (χ4n) is 3.21. The summed E-state index contributed by atoms with van der Waals surface area (Å²) in [4.78, 5) is 29.1. The lowest BCUT2D eigenvalue weighted by Crippen LogP contribution is -2.38. The molecule has 0 atom stereocenters. The summed E-state index contributed by atoms with van der Waals surface area (Å²) < 4.78 is 0. The standard InChI is InChI=1S/C19H24N4O2/c1-14-15(2)20-21-18(24)17(14)19(25)23-10-6-9-22(11-12-23)13-16-7-4-3-5-8-16/h3-5,7-8H,6,9-13H2,1-2H3,(H,21,24). The molecule has 1 aromatic heterocycles. The molecule has 0 spiro atoms. The molecule has 6 nitrogen and oxygen atoms in total. The molecule has 0 radical (unpaired) electrons. The average molecular weight is 340 g/mol. The van der Waals surface area contributed by atoms with Gasteiger partial charge in [-0.1, -0.05) is 30.3 Å². The Bertz CT molecular complexity index is 801. The van der Waals surface area contributed by atoms with Crippen LogP contribution >= 0.6 is 0 Å². The molecule has 1 fully saturated rings. The number of aromatic nitrogens is 2. The molecule has 25 heavy (non-hydrogen) atoms. The Hall–Kier alpha value is -2.47. The van der Waals surface area contributed by atoms with E-state index in [-0.39, 0.29) is 11.5 Å². The van der Waals surface area contributed by atoms with E-state index in [1.165, 1.54) is 5.56 Å². The van der Waals surface area contributed by atoms with Crippen LogP contribution in [0.1, 0.15) is 33.6 Å². The van der Waals surface area contributed by atoms with E-state index in [0.29, 0.717) is 24.3 Å². The molecule has 1 amide bonds. The first kappa shape index (κ1) is 17.4. The minimum atomic E-state index is -0.404. The molecule has 0 aliphatic carbocycles. The van der Waals surface area contributed by atoms with Crippen molar-refractivity contribution in [2.45, 2.75) is 26.8 Å². The number of H-pyrrole nitrogens is 1. The fourth-order valence-corrected chi connectivity index (χ4v) is 3.21. The quantitative estimate of drug-likeness (QED) is 0.924. The molecular weight excluding hydrogens is 316 g/mol. The lowest BCUT2D eigenvalue weighted by Gasteiger charge is -2.22. The van der Waals surface area contributed by atoms with E-state index in [1.807, 2.05) is 18.2 Å². The monoisotopic (exact) mass is 340 g/mol. The maximum atomic E-state index is 12.9. The SMILES string of the molecule is Cc1n[nH]c(=O)c(C(=O)N2CCCN(Cc3ccccc3)CC2)c1C. The molecule has 3 rings (SSSR count). The molecule has 1 aliphatic heterocycles. The zero-order chi connectivity index (χ0) is 17.8. The molecule has 0 bridgehead atoms. The Morgan fingerprint density at radius 2 is 1.88 bits per heavy atom. The Labute approximate surface area is 147 Å². The fraction of sp³-hybridized carbons (Fsp3) is 0.421. The second-order valence-electron chi connectivity index (χ2n) is 6.55. The third-order valence-corrected chi connectivity index (χ3v) is 4.81. The summed E-state index contributed by atoms with van der Waals surface area (Å²) in [7, 11) is 0. The third-order valence-electron chi connectivity index (χ3n) is 4.81. The zero-order valence-electron chi connectivity index (χ0n) is 14.8. The van der Waals surface area contributed by atoms with Crippen LogP contribution in [0.3, 0.4) is 0 Å². The Morgan fingerprint density at radius 1 is 1.12 bits per heavy atom. The van der Waals surface area contributed by atoms with Gasteiger partial charge in [-0.2, -0.15) is 5.10 Å². The maximum absolute atomic E-state index is 12.9. The van der Waals surface area contributed by atoms with Crippen LogP contribution in [0.2, 0.25) is 0 Å². The van der Waals surface area contributed by atoms with Gasteiger partial charge in [0.15, 0.2) is 0 Å². The number of nitrogens with one attached hydrogen (secondary N) is 1. The number of aryl methyl sites for hydroxylation is 1. The van der Waals surface area contributed by atoms with Gasteiger partial charge in [-0.15, -0.1) is 0 Å². The highest BCUT2D eigenvalue weighted by Gasteiger charge is 2.24. The summed E-state index contributed by atoms with van der Waals surface area (Å²) in [5.41, 5.74) is 2.45. The summed E-state index contributed by atoms with van der Waals surface area (Å²) in [6, 6.07) is 10.4.